The van der Waals surface area contributed by atoms with Gasteiger partial charge in [0.2, 0.25) is 0 Å². The standard InChI is InChI=1S/C14H17Cl2NO2/c1-8-6-17(7-12(8)14(18)19)9(2)11-5-10(15)3-4-13(11)16/h3-5,8-9,12H,6-7H2,1-2H3,(H,18,19)/t8-,9?,12-/m1/s1. The van der Waals surface area contributed by atoms with Crippen molar-refractivity contribution in [1.82, 2.24) is 4.90 Å². The fourth-order valence-electron chi connectivity index (χ4n) is 2.67. The third-order valence-electron chi connectivity index (χ3n) is 3.91. The van der Waals surface area contributed by atoms with E-state index in [1.165, 1.54) is 0 Å². The van der Waals surface area contributed by atoms with E-state index in [4.69, 9.17) is 23.2 Å². The zero-order valence-electron chi connectivity index (χ0n) is 10.9. The monoisotopic (exact) mass is 301 g/mol. The molecule has 0 bridgehead atoms. The van der Waals surface area contributed by atoms with Crippen molar-refractivity contribution in [3.63, 3.8) is 0 Å². The van der Waals surface area contributed by atoms with Gasteiger partial charge in [-0.25, -0.2) is 0 Å². The number of hydrogen-bond donors (Lipinski definition) is 1. The summed E-state index contributed by atoms with van der Waals surface area (Å²) in [5, 5.41) is 10.5. The van der Waals surface area contributed by atoms with Crippen molar-refractivity contribution >= 4 is 29.2 Å². The van der Waals surface area contributed by atoms with Crippen molar-refractivity contribution in [2.24, 2.45) is 11.8 Å². The maximum absolute atomic E-state index is 11.2. The Balaban J connectivity index is 2.19. The molecule has 104 valence electrons. The van der Waals surface area contributed by atoms with E-state index in [1.54, 1.807) is 12.1 Å². The molecule has 1 unspecified atom stereocenters. The molecule has 1 heterocycles. The summed E-state index contributed by atoms with van der Waals surface area (Å²) < 4.78 is 0. The Labute approximate surface area is 123 Å². The maximum Gasteiger partial charge on any atom is 0.308 e. The molecular formula is C14H17Cl2NO2. The van der Waals surface area contributed by atoms with Crippen LogP contribution in [-0.2, 0) is 4.79 Å². The number of rotatable bonds is 3. The molecule has 0 radical (unpaired) electrons. The number of nitrogens with zero attached hydrogens (tertiary/aromatic N) is 1. The predicted molar refractivity (Wildman–Crippen MR) is 76.7 cm³/mol. The number of hydrogen-bond acceptors (Lipinski definition) is 2. The molecule has 5 heteroatoms. The van der Waals surface area contributed by atoms with Crippen LogP contribution in [0.1, 0.15) is 25.5 Å². The van der Waals surface area contributed by atoms with E-state index in [0.29, 0.717) is 16.6 Å². The van der Waals surface area contributed by atoms with Gasteiger partial charge in [0.25, 0.3) is 0 Å². The zero-order chi connectivity index (χ0) is 14.2. The lowest BCUT2D eigenvalue weighted by molar-refractivity contribution is -0.142. The minimum atomic E-state index is -0.723. The summed E-state index contributed by atoms with van der Waals surface area (Å²) in [5.41, 5.74) is 0.951. The lowest BCUT2D eigenvalue weighted by Crippen LogP contribution is -2.26. The summed E-state index contributed by atoms with van der Waals surface area (Å²) in [6, 6.07) is 5.46. The van der Waals surface area contributed by atoms with Gasteiger partial charge in [0.15, 0.2) is 0 Å². The lowest BCUT2D eigenvalue weighted by atomic mass is 9.99. The van der Waals surface area contributed by atoms with Gasteiger partial charge in [-0.3, -0.25) is 9.69 Å². The van der Waals surface area contributed by atoms with Crippen molar-refractivity contribution in [2.75, 3.05) is 13.1 Å². The Hall–Kier alpha value is -0.770. The van der Waals surface area contributed by atoms with Crippen LogP contribution in [0.4, 0.5) is 0 Å². The van der Waals surface area contributed by atoms with Crippen molar-refractivity contribution < 1.29 is 9.90 Å². The van der Waals surface area contributed by atoms with Crippen LogP contribution >= 0.6 is 23.2 Å². The topological polar surface area (TPSA) is 40.5 Å². The van der Waals surface area contributed by atoms with Crippen molar-refractivity contribution in [3.8, 4) is 0 Å². The molecule has 0 amide bonds. The van der Waals surface area contributed by atoms with E-state index >= 15 is 0 Å². The molecule has 2 rings (SSSR count). The Kier molecular flexibility index (Phi) is 4.39. The molecule has 1 N–H and O–H groups in total. The van der Waals surface area contributed by atoms with E-state index in [9.17, 15) is 9.90 Å². The van der Waals surface area contributed by atoms with Crippen molar-refractivity contribution in [2.45, 2.75) is 19.9 Å². The van der Waals surface area contributed by atoms with Gasteiger partial charge in [0.1, 0.15) is 0 Å². The summed E-state index contributed by atoms with van der Waals surface area (Å²) in [7, 11) is 0. The molecule has 0 aromatic heterocycles. The largest absolute Gasteiger partial charge is 0.481 e. The Morgan fingerprint density at radius 2 is 2.11 bits per heavy atom. The summed E-state index contributed by atoms with van der Waals surface area (Å²) in [4.78, 5) is 13.3. The van der Waals surface area contributed by atoms with Crippen LogP contribution in [0, 0.1) is 11.8 Å². The molecule has 0 aliphatic carbocycles. The fraction of sp³-hybridized carbons (Fsp3) is 0.500. The highest BCUT2D eigenvalue weighted by molar-refractivity contribution is 6.33. The Morgan fingerprint density at radius 3 is 2.68 bits per heavy atom. The van der Waals surface area contributed by atoms with E-state index in [2.05, 4.69) is 4.90 Å². The number of aliphatic carboxylic acids is 1. The molecule has 0 spiro atoms. The van der Waals surface area contributed by atoms with Gasteiger partial charge < -0.3 is 5.11 Å². The van der Waals surface area contributed by atoms with Crippen LogP contribution in [0.25, 0.3) is 0 Å². The van der Waals surface area contributed by atoms with E-state index in [1.807, 2.05) is 19.9 Å². The number of halogens is 2. The van der Waals surface area contributed by atoms with Gasteiger partial charge in [-0.15, -0.1) is 0 Å². The summed E-state index contributed by atoms with van der Waals surface area (Å²) >= 11 is 12.2. The van der Waals surface area contributed by atoms with Crippen LogP contribution in [0.3, 0.4) is 0 Å². The first-order valence-electron chi connectivity index (χ1n) is 6.32. The van der Waals surface area contributed by atoms with Crippen molar-refractivity contribution in [1.29, 1.82) is 0 Å². The van der Waals surface area contributed by atoms with Crippen LogP contribution in [0.5, 0.6) is 0 Å². The molecule has 1 aromatic carbocycles. The van der Waals surface area contributed by atoms with Gasteiger partial charge in [-0.05, 0) is 36.6 Å². The molecule has 1 saturated heterocycles. The number of carboxylic acids is 1. The fourth-order valence-corrected chi connectivity index (χ4v) is 3.13. The predicted octanol–water partition coefficient (Wildman–Crippen LogP) is 3.71. The van der Waals surface area contributed by atoms with Gasteiger partial charge in [0, 0.05) is 29.2 Å². The molecule has 1 aliphatic heterocycles. The quantitative estimate of drug-likeness (QED) is 0.925. The second-order valence-corrected chi connectivity index (χ2v) is 6.06. The van der Waals surface area contributed by atoms with Gasteiger partial charge in [-0.2, -0.15) is 0 Å². The highest BCUT2D eigenvalue weighted by Gasteiger charge is 2.37. The second kappa shape index (κ2) is 5.70. The smallest absolute Gasteiger partial charge is 0.308 e. The minimum Gasteiger partial charge on any atom is -0.481 e. The molecule has 0 saturated carbocycles. The first-order valence-corrected chi connectivity index (χ1v) is 7.07. The lowest BCUT2D eigenvalue weighted by Gasteiger charge is -2.25. The van der Waals surface area contributed by atoms with Crippen LogP contribution in [0.15, 0.2) is 18.2 Å². The van der Waals surface area contributed by atoms with E-state index < -0.39 is 5.97 Å². The first kappa shape index (κ1) is 14.6. The second-order valence-electron chi connectivity index (χ2n) is 5.22. The maximum atomic E-state index is 11.2. The average Bonchev–Trinajstić information content (AvgIpc) is 2.74. The van der Waals surface area contributed by atoms with E-state index in [-0.39, 0.29) is 17.9 Å². The number of benzene rings is 1. The SMILES string of the molecule is CC(c1cc(Cl)ccc1Cl)N1C[C@@H](C)[C@H](C(=O)O)C1. The summed E-state index contributed by atoms with van der Waals surface area (Å²) in [6.45, 7) is 5.33. The summed E-state index contributed by atoms with van der Waals surface area (Å²) in [6.07, 6.45) is 0. The van der Waals surface area contributed by atoms with Crippen molar-refractivity contribution in [3.05, 3.63) is 33.8 Å². The third kappa shape index (κ3) is 3.04. The van der Waals surface area contributed by atoms with Gasteiger partial charge in [-0.1, -0.05) is 30.1 Å². The normalized spacial score (nSPS) is 25.5. The molecule has 1 aromatic rings. The minimum absolute atomic E-state index is 0.0676. The van der Waals surface area contributed by atoms with Crippen LogP contribution < -0.4 is 0 Å². The Bertz CT molecular complexity index is 492. The number of likely N-dealkylation sites (tertiary alicyclic amines) is 1. The number of carbonyl (C=O) groups is 1. The summed E-state index contributed by atoms with van der Waals surface area (Å²) in [5.74, 6) is -0.877. The van der Waals surface area contributed by atoms with Gasteiger partial charge >= 0.3 is 5.97 Å². The highest BCUT2D eigenvalue weighted by atomic mass is 35.5. The molecular weight excluding hydrogens is 285 g/mol. The number of carboxylic acid groups (broad SMARTS) is 1. The van der Waals surface area contributed by atoms with Crippen LogP contribution in [-0.4, -0.2) is 29.1 Å². The molecule has 1 aliphatic rings. The van der Waals surface area contributed by atoms with Crippen LogP contribution in [0.2, 0.25) is 10.0 Å². The average molecular weight is 302 g/mol. The first-order chi connectivity index (χ1) is 8.90. The zero-order valence-corrected chi connectivity index (χ0v) is 12.4. The molecule has 3 atom stereocenters. The van der Waals surface area contributed by atoms with Gasteiger partial charge in [0.05, 0.1) is 5.92 Å². The highest BCUT2D eigenvalue weighted by Crippen LogP contribution is 2.34. The molecule has 3 nitrogen and oxygen atoms in total. The third-order valence-corrected chi connectivity index (χ3v) is 4.49. The van der Waals surface area contributed by atoms with E-state index in [0.717, 1.165) is 12.1 Å². The molecule has 19 heavy (non-hydrogen) atoms. The Morgan fingerprint density at radius 1 is 1.42 bits per heavy atom. The molecule has 1 fully saturated rings.